The first kappa shape index (κ1) is 19.1. The maximum atomic E-state index is 13.3. The van der Waals surface area contributed by atoms with E-state index < -0.39 is 0 Å². The molecule has 148 valence electrons. The second kappa shape index (κ2) is 8.39. The second-order valence-electron chi connectivity index (χ2n) is 7.31. The SMILES string of the molecule is CCOc1ccccc1NC(=O)N1CCc2ccccc2[C@H]1c1ccc(C)cc1. The van der Waals surface area contributed by atoms with Crippen LogP contribution in [0.5, 0.6) is 5.75 Å². The van der Waals surface area contributed by atoms with Gasteiger partial charge in [0.2, 0.25) is 0 Å². The molecule has 1 aliphatic heterocycles. The number of rotatable bonds is 4. The Morgan fingerprint density at radius 3 is 2.55 bits per heavy atom. The molecule has 1 heterocycles. The van der Waals surface area contributed by atoms with Crippen LogP contribution < -0.4 is 10.1 Å². The average Bonchev–Trinajstić information content (AvgIpc) is 2.75. The second-order valence-corrected chi connectivity index (χ2v) is 7.31. The van der Waals surface area contributed by atoms with Gasteiger partial charge in [-0.2, -0.15) is 0 Å². The van der Waals surface area contributed by atoms with Crippen molar-refractivity contribution < 1.29 is 9.53 Å². The predicted molar refractivity (Wildman–Crippen MR) is 117 cm³/mol. The summed E-state index contributed by atoms with van der Waals surface area (Å²) in [6.45, 7) is 5.23. The highest BCUT2D eigenvalue weighted by Gasteiger charge is 2.32. The first-order chi connectivity index (χ1) is 14.2. The molecule has 2 amide bonds. The van der Waals surface area contributed by atoms with Gasteiger partial charge in [0.15, 0.2) is 0 Å². The van der Waals surface area contributed by atoms with Crippen LogP contribution in [0.1, 0.15) is 35.2 Å². The van der Waals surface area contributed by atoms with Gasteiger partial charge in [0.25, 0.3) is 0 Å². The van der Waals surface area contributed by atoms with E-state index in [1.54, 1.807) is 0 Å². The summed E-state index contributed by atoms with van der Waals surface area (Å²) in [7, 11) is 0. The van der Waals surface area contributed by atoms with Crippen LogP contribution in [0.2, 0.25) is 0 Å². The lowest BCUT2D eigenvalue weighted by atomic mass is 9.88. The van der Waals surface area contributed by atoms with Gasteiger partial charge >= 0.3 is 6.03 Å². The Morgan fingerprint density at radius 2 is 1.76 bits per heavy atom. The average molecular weight is 386 g/mol. The van der Waals surface area contributed by atoms with Crippen LogP contribution in [-0.2, 0) is 6.42 Å². The smallest absolute Gasteiger partial charge is 0.322 e. The summed E-state index contributed by atoms with van der Waals surface area (Å²) in [5, 5.41) is 3.07. The van der Waals surface area contributed by atoms with Crippen LogP contribution in [0.15, 0.2) is 72.8 Å². The van der Waals surface area contributed by atoms with Crippen LogP contribution in [0.25, 0.3) is 0 Å². The highest BCUT2D eigenvalue weighted by Crippen LogP contribution is 2.36. The van der Waals surface area contributed by atoms with Crippen molar-refractivity contribution in [2.45, 2.75) is 26.3 Å². The Kier molecular flexibility index (Phi) is 5.52. The minimum Gasteiger partial charge on any atom is -0.492 e. The Morgan fingerprint density at radius 1 is 1.03 bits per heavy atom. The maximum absolute atomic E-state index is 13.3. The summed E-state index contributed by atoms with van der Waals surface area (Å²) in [6, 6.07) is 24.2. The third-order valence-corrected chi connectivity index (χ3v) is 5.37. The monoisotopic (exact) mass is 386 g/mol. The van der Waals surface area contributed by atoms with Gasteiger partial charge in [-0.15, -0.1) is 0 Å². The number of hydrogen-bond acceptors (Lipinski definition) is 2. The lowest BCUT2D eigenvalue weighted by Gasteiger charge is -2.37. The van der Waals surface area contributed by atoms with E-state index in [0.717, 1.165) is 12.0 Å². The van der Waals surface area contributed by atoms with Crippen molar-refractivity contribution >= 4 is 11.7 Å². The van der Waals surface area contributed by atoms with Gasteiger partial charge in [0.1, 0.15) is 5.75 Å². The molecule has 4 rings (SSSR count). The van der Waals surface area contributed by atoms with E-state index in [0.29, 0.717) is 24.6 Å². The molecule has 4 heteroatoms. The summed E-state index contributed by atoms with van der Waals surface area (Å²) in [6.07, 6.45) is 0.846. The van der Waals surface area contributed by atoms with Gasteiger partial charge < -0.3 is 15.0 Å². The summed E-state index contributed by atoms with van der Waals surface area (Å²) < 4.78 is 5.67. The maximum Gasteiger partial charge on any atom is 0.322 e. The van der Waals surface area contributed by atoms with Gasteiger partial charge in [0.05, 0.1) is 18.3 Å². The number of carbonyl (C=O) groups excluding carboxylic acids is 1. The Bertz CT molecular complexity index is 998. The zero-order chi connectivity index (χ0) is 20.2. The van der Waals surface area contributed by atoms with E-state index in [9.17, 15) is 4.79 Å². The van der Waals surface area contributed by atoms with Gasteiger partial charge in [-0.3, -0.25) is 0 Å². The number of ether oxygens (including phenoxy) is 1. The van der Waals surface area contributed by atoms with E-state index in [4.69, 9.17) is 4.74 Å². The highest BCUT2D eigenvalue weighted by molar-refractivity contribution is 5.91. The van der Waals surface area contributed by atoms with Crippen LogP contribution in [0.4, 0.5) is 10.5 Å². The molecule has 1 aliphatic rings. The zero-order valence-corrected chi connectivity index (χ0v) is 16.9. The molecule has 0 aliphatic carbocycles. The van der Waals surface area contributed by atoms with Crippen molar-refractivity contribution in [3.8, 4) is 5.75 Å². The van der Waals surface area contributed by atoms with E-state index in [1.165, 1.54) is 16.7 Å². The molecule has 1 N–H and O–H groups in total. The Hall–Kier alpha value is -3.27. The summed E-state index contributed by atoms with van der Waals surface area (Å²) in [4.78, 5) is 15.3. The number of hydrogen-bond donors (Lipinski definition) is 1. The number of anilines is 1. The number of para-hydroxylation sites is 2. The molecule has 1 atom stereocenters. The number of carbonyl (C=O) groups is 1. The topological polar surface area (TPSA) is 41.6 Å². The molecule has 29 heavy (non-hydrogen) atoms. The van der Waals surface area contributed by atoms with Crippen LogP contribution in [0.3, 0.4) is 0 Å². The van der Waals surface area contributed by atoms with Gasteiger partial charge in [-0.1, -0.05) is 66.2 Å². The minimum absolute atomic E-state index is 0.111. The molecule has 3 aromatic carbocycles. The van der Waals surface area contributed by atoms with Gasteiger partial charge in [0, 0.05) is 6.54 Å². The fourth-order valence-electron chi connectivity index (χ4n) is 3.93. The van der Waals surface area contributed by atoms with Crippen molar-refractivity contribution in [3.05, 3.63) is 95.1 Å². The van der Waals surface area contributed by atoms with Crippen molar-refractivity contribution in [2.75, 3.05) is 18.5 Å². The molecule has 0 saturated carbocycles. The minimum atomic E-state index is -0.114. The number of fused-ring (bicyclic) bond motifs is 1. The van der Waals surface area contributed by atoms with E-state index in [2.05, 4.69) is 54.7 Å². The normalized spacial score (nSPS) is 15.5. The standard InChI is InChI=1S/C25H26N2O2/c1-3-29-23-11-7-6-10-22(23)26-25(28)27-17-16-19-8-4-5-9-21(19)24(27)20-14-12-18(2)13-15-20/h4-15,24H,3,16-17H2,1-2H3,(H,26,28)/t24-/m1/s1. The number of nitrogens with one attached hydrogen (secondary N) is 1. The fraction of sp³-hybridized carbons (Fsp3) is 0.240. The number of nitrogens with zero attached hydrogens (tertiary/aromatic N) is 1. The lowest BCUT2D eigenvalue weighted by molar-refractivity contribution is 0.194. The van der Waals surface area contributed by atoms with E-state index in [1.807, 2.05) is 42.2 Å². The molecule has 0 unspecified atom stereocenters. The molecule has 0 bridgehead atoms. The third-order valence-electron chi connectivity index (χ3n) is 5.37. The first-order valence-corrected chi connectivity index (χ1v) is 10.1. The highest BCUT2D eigenvalue weighted by atomic mass is 16.5. The molecule has 0 saturated heterocycles. The van der Waals surface area contributed by atoms with Crippen LogP contribution in [0, 0.1) is 6.92 Å². The van der Waals surface area contributed by atoms with Gasteiger partial charge in [-0.05, 0) is 49.1 Å². The molecule has 0 spiro atoms. The quantitative estimate of drug-likeness (QED) is 0.636. The van der Waals surface area contributed by atoms with Crippen molar-refractivity contribution in [2.24, 2.45) is 0 Å². The molecular weight excluding hydrogens is 360 g/mol. The van der Waals surface area contributed by atoms with Crippen molar-refractivity contribution in [1.82, 2.24) is 4.90 Å². The number of benzene rings is 3. The number of urea groups is 1. The summed E-state index contributed by atoms with van der Waals surface area (Å²) in [5.74, 6) is 0.688. The largest absolute Gasteiger partial charge is 0.492 e. The molecule has 3 aromatic rings. The lowest BCUT2D eigenvalue weighted by Crippen LogP contribution is -2.43. The predicted octanol–water partition coefficient (Wildman–Crippen LogP) is 5.57. The van der Waals surface area contributed by atoms with Crippen LogP contribution >= 0.6 is 0 Å². The number of amides is 2. The van der Waals surface area contributed by atoms with E-state index in [-0.39, 0.29) is 12.1 Å². The molecule has 0 aromatic heterocycles. The van der Waals surface area contributed by atoms with Crippen LogP contribution in [-0.4, -0.2) is 24.1 Å². The molecular formula is C25H26N2O2. The van der Waals surface area contributed by atoms with Gasteiger partial charge in [-0.25, -0.2) is 4.79 Å². The third kappa shape index (κ3) is 3.97. The molecule has 0 fully saturated rings. The summed E-state index contributed by atoms with van der Waals surface area (Å²) >= 11 is 0. The Labute approximate surface area is 172 Å². The molecule has 4 nitrogen and oxygen atoms in total. The summed E-state index contributed by atoms with van der Waals surface area (Å²) in [5.41, 5.74) is 5.52. The zero-order valence-electron chi connectivity index (χ0n) is 16.9. The van der Waals surface area contributed by atoms with E-state index >= 15 is 0 Å². The number of aryl methyl sites for hydroxylation is 1. The van der Waals surface area contributed by atoms with Crippen molar-refractivity contribution in [1.29, 1.82) is 0 Å². The first-order valence-electron chi connectivity index (χ1n) is 10.1. The Balaban J connectivity index is 1.68. The van der Waals surface area contributed by atoms with Crippen molar-refractivity contribution in [3.63, 3.8) is 0 Å². The fourth-order valence-corrected chi connectivity index (χ4v) is 3.93. The molecule has 0 radical (unpaired) electrons.